The third-order valence-corrected chi connectivity index (χ3v) is 2.73. The summed E-state index contributed by atoms with van der Waals surface area (Å²) in [5, 5.41) is 7.02. The van der Waals surface area contributed by atoms with Gasteiger partial charge in [0.05, 0.1) is 25.4 Å². The Morgan fingerprint density at radius 1 is 1.18 bits per heavy atom. The van der Waals surface area contributed by atoms with Crippen LogP contribution in [0.4, 0.5) is 5.82 Å². The minimum Gasteiger partial charge on any atom is -0.496 e. The zero-order valence-electron chi connectivity index (χ0n) is 9.45. The van der Waals surface area contributed by atoms with Crippen LogP contribution in [-0.2, 0) is 0 Å². The van der Waals surface area contributed by atoms with Crippen LogP contribution in [0.2, 0.25) is 5.02 Å². The largest absolute Gasteiger partial charge is 0.496 e. The second-order valence-electron chi connectivity index (χ2n) is 3.38. The molecule has 0 amide bonds. The first-order valence-corrected chi connectivity index (χ1v) is 5.26. The summed E-state index contributed by atoms with van der Waals surface area (Å²) in [5.41, 5.74) is 7.28. The highest BCUT2D eigenvalue weighted by molar-refractivity contribution is 6.32. The molecule has 17 heavy (non-hydrogen) atoms. The van der Waals surface area contributed by atoms with Crippen molar-refractivity contribution in [3.63, 3.8) is 0 Å². The van der Waals surface area contributed by atoms with E-state index in [0.29, 0.717) is 22.3 Å². The molecule has 0 saturated carbocycles. The summed E-state index contributed by atoms with van der Waals surface area (Å²) in [6, 6.07) is 3.45. The molecule has 0 atom stereocenters. The van der Waals surface area contributed by atoms with Crippen LogP contribution < -0.4 is 15.2 Å². The number of halogens is 1. The fourth-order valence-electron chi connectivity index (χ4n) is 1.58. The Balaban J connectivity index is 2.61. The summed E-state index contributed by atoms with van der Waals surface area (Å²) < 4.78 is 10.4. The number of nitrogens with zero attached hydrogens (tertiary/aromatic N) is 1. The van der Waals surface area contributed by atoms with Crippen molar-refractivity contribution >= 4 is 17.4 Å². The predicted octanol–water partition coefficient (Wildman–Crippen LogP) is 2.33. The third-order valence-electron chi connectivity index (χ3n) is 2.43. The number of anilines is 1. The molecule has 3 N–H and O–H groups in total. The highest BCUT2D eigenvalue weighted by Crippen LogP contribution is 2.39. The zero-order valence-corrected chi connectivity index (χ0v) is 10.2. The fraction of sp³-hybridized carbons (Fsp3) is 0.182. The number of nitrogens with one attached hydrogen (secondary N) is 1. The molecule has 0 spiro atoms. The molecule has 2 aromatic rings. The number of H-pyrrole nitrogens is 1. The van der Waals surface area contributed by atoms with Crippen LogP contribution in [-0.4, -0.2) is 24.4 Å². The van der Waals surface area contributed by atoms with Gasteiger partial charge in [0.2, 0.25) is 0 Å². The highest BCUT2D eigenvalue weighted by atomic mass is 35.5. The average Bonchev–Trinajstić information content (AvgIpc) is 2.75. The second kappa shape index (κ2) is 4.55. The van der Waals surface area contributed by atoms with E-state index < -0.39 is 0 Å². The average molecular weight is 254 g/mol. The number of hydrogen-bond donors (Lipinski definition) is 2. The number of hydrogen-bond acceptors (Lipinski definition) is 4. The van der Waals surface area contributed by atoms with Crippen molar-refractivity contribution in [2.24, 2.45) is 0 Å². The first kappa shape index (κ1) is 11.6. The van der Waals surface area contributed by atoms with Gasteiger partial charge >= 0.3 is 0 Å². The Labute approximate surface area is 103 Å². The lowest BCUT2D eigenvalue weighted by molar-refractivity contribution is 0.395. The van der Waals surface area contributed by atoms with Gasteiger partial charge in [-0.2, -0.15) is 5.10 Å². The predicted molar refractivity (Wildman–Crippen MR) is 66.6 cm³/mol. The standard InChI is InChI=1S/C11H12ClN3O2/c1-16-9-4-10(17-2)8(12)3-6(9)7-5-14-15-11(7)13/h3-5H,1-2H3,(H3,13,14,15). The van der Waals surface area contributed by atoms with Gasteiger partial charge in [-0.25, -0.2) is 0 Å². The lowest BCUT2D eigenvalue weighted by atomic mass is 10.1. The molecule has 5 nitrogen and oxygen atoms in total. The summed E-state index contributed by atoms with van der Waals surface area (Å²) in [4.78, 5) is 0. The van der Waals surface area contributed by atoms with Gasteiger partial charge in [0.1, 0.15) is 17.3 Å². The topological polar surface area (TPSA) is 73.2 Å². The summed E-state index contributed by atoms with van der Waals surface area (Å²) in [5.74, 6) is 1.64. The number of aromatic amines is 1. The van der Waals surface area contributed by atoms with Crippen LogP contribution in [0, 0.1) is 0 Å². The molecule has 6 heteroatoms. The lowest BCUT2D eigenvalue weighted by Gasteiger charge is -2.11. The number of benzene rings is 1. The summed E-state index contributed by atoms with van der Waals surface area (Å²) in [6.07, 6.45) is 1.62. The molecule has 0 unspecified atom stereocenters. The number of methoxy groups -OCH3 is 2. The van der Waals surface area contributed by atoms with E-state index in [1.54, 1.807) is 32.5 Å². The number of rotatable bonds is 3. The van der Waals surface area contributed by atoms with Crippen molar-refractivity contribution in [1.29, 1.82) is 0 Å². The Morgan fingerprint density at radius 2 is 1.88 bits per heavy atom. The molecule has 0 aliphatic carbocycles. The maximum Gasteiger partial charge on any atom is 0.141 e. The van der Waals surface area contributed by atoms with Crippen LogP contribution in [0.3, 0.4) is 0 Å². The minimum absolute atomic E-state index is 0.463. The smallest absolute Gasteiger partial charge is 0.141 e. The van der Waals surface area contributed by atoms with Crippen molar-refractivity contribution in [3.05, 3.63) is 23.4 Å². The van der Waals surface area contributed by atoms with Crippen LogP contribution >= 0.6 is 11.6 Å². The van der Waals surface area contributed by atoms with Crippen molar-refractivity contribution in [3.8, 4) is 22.6 Å². The molecular weight excluding hydrogens is 242 g/mol. The molecule has 0 fully saturated rings. The molecule has 0 bridgehead atoms. The molecule has 0 radical (unpaired) electrons. The van der Waals surface area contributed by atoms with Gasteiger partial charge in [0.15, 0.2) is 0 Å². The Bertz CT molecular complexity index is 540. The van der Waals surface area contributed by atoms with Crippen molar-refractivity contribution in [2.75, 3.05) is 20.0 Å². The molecule has 90 valence electrons. The summed E-state index contributed by atoms with van der Waals surface area (Å²) in [6.45, 7) is 0. The van der Waals surface area contributed by atoms with E-state index in [2.05, 4.69) is 10.2 Å². The second-order valence-corrected chi connectivity index (χ2v) is 3.79. The van der Waals surface area contributed by atoms with E-state index in [0.717, 1.165) is 11.1 Å². The fourth-order valence-corrected chi connectivity index (χ4v) is 1.82. The van der Waals surface area contributed by atoms with E-state index in [4.69, 9.17) is 26.8 Å². The van der Waals surface area contributed by atoms with Crippen LogP contribution in [0.5, 0.6) is 11.5 Å². The summed E-state index contributed by atoms with van der Waals surface area (Å²) in [7, 11) is 3.12. The summed E-state index contributed by atoms with van der Waals surface area (Å²) >= 11 is 6.08. The molecule has 0 aliphatic heterocycles. The normalized spacial score (nSPS) is 10.3. The van der Waals surface area contributed by atoms with E-state index in [1.165, 1.54) is 0 Å². The van der Waals surface area contributed by atoms with Crippen molar-refractivity contribution in [1.82, 2.24) is 10.2 Å². The lowest BCUT2D eigenvalue weighted by Crippen LogP contribution is -1.93. The van der Waals surface area contributed by atoms with Gasteiger partial charge < -0.3 is 15.2 Å². The third kappa shape index (κ3) is 2.01. The molecular formula is C11H12ClN3O2. The number of aromatic nitrogens is 2. The van der Waals surface area contributed by atoms with Crippen LogP contribution in [0.25, 0.3) is 11.1 Å². The SMILES string of the molecule is COc1cc(OC)c(-c2cn[nH]c2N)cc1Cl. The Kier molecular flexibility index (Phi) is 3.10. The van der Waals surface area contributed by atoms with Gasteiger partial charge in [-0.15, -0.1) is 0 Å². The minimum atomic E-state index is 0.463. The number of nitrogen functional groups attached to an aromatic ring is 1. The quantitative estimate of drug-likeness (QED) is 0.881. The first-order valence-electron chi connectivity index (χ1n) is 4.88. The van der Waals surface area contributed by atoms with Crippen LogP contribution in [0.15, 0.2) is 18.3 Å². The molecule has 0 saturated heterocycles. The van der Waals surface area contributed by atoms with Gasteiger partial charge in [-0.1, -0.05) is 11.6 Å². The monoisotopic (exact) mass is 253 g/mol. The maximum atomic E-state index is 6.08. The molecule has 1 aromatic carbocycles. The zero-order chi connectivity index (χ0) is 12.4. The van der Waals surface area contributed by atoms with Gasteiger partial charge in [0.25, 0.3) is 0 Å². The number of nitrogens with two attached hydrogens (primary N) is 1. The van der Waals surface area contributed by atoms with Crippen molar-refractivity contribution in [2.45, 2.75) is 0 Å². The first-order chi connectivity index (χ1) is 8.17. The van der Waals surface area contributed by atoms with Crippen molar-refractivity contribution < 1.29 is 9.47 Å². The molecule has 1 heterocycles. The van der Waals surface area contributed by atoms with E-state index in [1.807, 2.05) is 0 Å². The molecule has 0 aliphatic rings. The number of ether oxygens (including phenoxy) is 2. The van der Waals surface area contributed by atoms with E-state index in [9.17, 15) is 0 Å². The maximum absolute atomic E-state index is 6.08. The highest BCUT2D eigenvalue weighted by Gasteiger charge is 2.14. The Hall–Kier alpha value is -1.88. The molecule has 1 aromatic heterocycles. The van der Waals surface area contributed by atoms with Gasteiger partial charge in [-0.3, -0.25) is 5.10 Å². The van der Waals surface area contributed by atoms with Gasteiger partial charge in [-0.05, 0) is 6.07 Å². The molecule has 2 rings (SSSR count). The van der Waals surface area contributed by atoms with E-state index in [-0.39, 0.29) is 0 Å². The van der Waals surface area contributed by atoms with E-state index >= 15 is 0 Å². The Morgan fingerprint density at radius 3 is 2.41 bits per heavy atom. The van der Waals surface area contributed by atoms with Crippen LogP contribution in [0.1, 0.15) is 0 Å². The van der Waals surface area contributed by atoms with Gasteiger partial charge in [0, 0.05) is 17.2 Å².